The van der Waals surface area contributed by atoms with E-state index in [4.69, 9.17) is 4.42 Å². The minimum absolute atomic E-state index is 0.129. The summed E-state index contributed by atoms with van der Waals surface area (Å²) in [7, 11) is 0. The number of rotatable bonds is 5. The number of aryl methyl sites for hydroxylation is 1. The van der Waals surface area contributed by atoms with Gasteiger partial charge in [-0.05, 0) is 67.6 Å². The molecule has 2 aromatic carbocycles. The van der Waals surface area contributed by atoms with Crippen LogP contribution in [0, 0.1) is 6.92 Å². The molecule has 1 saturated heterocycles. The molecule has 164 valence electrons. The van der Waals surface area contributed by atoms with Gasteiger partial charge < -0.3 is 9.73 Å². The lowest BCUT2D eigenvalue weighted by molar-refractivity contribution is 0.0911. The molecule has 4 rings (SSSR count). The molecule has 1 atom stereocenters. The second-order valence-corrected chi connectivity index (χ2v) is 10.5. The highest BCUT2D eigenvalue weighted by Crippen LogP contribution is 2.30. The number of likely N-dealkylation sites (tertiary alicyclic amines) is 1. The fraction of sp³-hybridized carbons (Fsp3) is 0.423. The van der Waals surface area contributed by atoms with Gasteiger partial charge in [-0.1, -0.05) is 61.0 Å². The molecule has 0 radical (unpaired) electrons. The zero-order valence-electron chi connectivity index (χ0n) is 18.8. The van der Waals surface area contributed by atoms with Crippen LogP contribution in [-0.2, 0) is 5.41 Å². The molecular weight excluding hydrogens is 452 g/mol. The third-order valence-corrected chi connectivity index (χ3v) is 6.80. The zero-order chi connectivity index (χ0) is 22.2. The summed E-state index contributed by atoms with van der Waals surface area (Å²) >= 11 is 3.50. The van der Waals surface area contributed by atoms with E-state index in [0.717, 1.165) is 34.1 Å². The summed E-state index contributed by atoms with van der Waals surface area (Å²) in [5, 5.41) is 4.12. The number of nitrogens with zero attached hydrogens (tertiary/aromatic N) is 1. The molecule has 1 aliphatic heterocycles. The number of hydrogen-bond donors (Lipinski definition) is 1. The second-order valence-electron chi connectivity index (χ2n) is 9.54. The van der Waals surface area contributed by atoms with E-state index in [0.29, 0.717) is 12.3 Å². The Hall–Kier alpha value is -2.11. The van der Waals surface area contributed by atoms with Gasteiger partial charge in [0.1, 0.15) is 5.58 Å². The number of halogens is 1. The lowest BCUT2D eigenvalue weighted by atomic mass is 9.86. The van der Waals surface area contributed by atoms with Gasteiger partial charge in [-0.15, -0.1) is 0 Å². The summed E-state index contributed by atoms with van der Waals surface area (Å²) in [6, 6.07) is 14.9. The van der Waals surface area contributed by atoms with E-state index in [9.17, 15) is 4.79 Å². The molecule has 5 heteroatoms. The molecule has 1 aromatic heterocycles. The molecule has 4 nitrogen and oxygen atoms in total. The maximum Gasteiger partial charge on any atom is 0.287 e. The highest BCUT2D eigenvalue weighted by molar-refractivity contribution is 9.10. The van der Waals surface area contributed by atoms with E-state index < -0.39 is 0 Å². The summed E-state index contributed by atoms with van der Waals surface area (Å²) in [4.78, 5) is 15.5. The Morgan fingerprint density at radius 2 is 1.81 bits per heavy atom. The molecule has 1 amide bonds. The van der Waals surface area contributed by atoms with Gasteiger partial charge in [-0.25, -0.2) is 0 Å². The monoisotopic (exact) mass is 482 g/mol. The highest BCUT2D eigenvalue weighted by atomic mass is 79.9. The van der Waals surface area contributed by atoms with Gasteiger partial charge in [0.2, 0.25) is 0 Å². The predicted octanol–water partition coefficient (Wildman–Crippen LogP) is 6.37. The lowest BCUT2D eigenvalue weighted by Crippen LogP contribution is -2.37. The summed E-state index contributed by atoms with van der Waals surface area (Å²) < 4.78 is 6.86. The fourth-order valence-electron chi connectivity index (χ4n) is 4.40. The molecule has 0 unspecified atom stereocenters. The summed E-state index contributed by atoms with van der Waals surface area (Å²) in [6.07, 6.45) is 2.42. The molecule has 31 heavy (non-hydrogen) atoms. The van der Waals surface area contributed by atoms with Gasteiger partial charge in [-0.3, -0.25) is 9.69 Å². The zero-order valence-corrected chi connectivity index (χ0v) is 20.4. The average Bonchev–Trinajstić information content (AvgIpc) is 3.37. The first-order valence-corrected chi connectivity index (χ1v) is 11.8. The van der Waals surface area contributed by atoms with Gasteiger partial charge in [0.25, 0.3) is 5.91 Å². The van der Waals surface area contributed by atoms with Crippen molar-refractivity contribution < 1.29 is 9.21 Å². The largest absolute Gasteiger partial charge is 0.451 e. The van der Waals surface area contributed by atoms with Gasteiger partial charge in [0.15, 0.2) is 5.76 Å². The van der Waals surface area contributed by atoms with Crippen molar-refractivity contribution in [3.63, 3.8) is 0 Å². The fourth-order valence-corrected chi connectivity index (χ4v) is 4.76. The number of furan rings is 1. The van der Waals surface area contributed by atoms with Gasteiger partial charge in [0, 0.05) is 22.0 Å². The lowest BCUT2D eigenvalue weighted by Gasteiger charge is -2.29. The molecular formula is C26H31BrN2O2. The molecule has 1 aliphatic rings. The van der Waals surface area contributed by atoms with Crippen molar-refractivity contribution in [3.8, 4) is 0 Å². The highest BCUT2D eigenvalue weighted by Gasteiger charge is 2.26. The van der Waals surface area contributed by atoms with Crippen molar-refractivity contribution in [3.05, 3.63) is 69.4 Å². The van der Waals surface area contributed by atoms with Crippen LogP contribution in [0.15, 0.2) is 51.4 Å². The van der Waals surface area contributed by atoms with Crippen molar-refractivity contribution in [2.24, 2.45) is 0 Å². The van der Waals surface area contributed by atoms with E-state index in [1.165, 1.54) is 24.0 Å². The topological polar surface area (TPSA) is 45.5 Å². The Kier molecular flexibility index (Phi) is 6.27. The van der Waals surface area contributed by atoms with Crippen molar-refractivity contribution in [2.75, 3.05) is 19.6 Å². The third-order valence-electron chi connectivity index (χ3n) is 6.30. The van der Waals surface area contributed by atoms with E-state index in [1.54, 1.807) is 0 Å². The van der Waals surface area contributed by atoms with E-state index in [-0.39, 0.29) is 17.4 Å². The number of fused-ring (bicyclic) bond motifs is 1. The summed E-state index contributed by atoms with van der Waals surface area (Å²) in [6.45, 7) is 11.3. The summed E-state index contributed by atoms with van der Waals surface area (Å²) in [5.41, 5.74) is 4.31. The van der Waals surface area contributed by atoms with E-state index in [1.807, 2.05) is 25.1 Å². The third kappa shape index (κ3) is 4.73. The van der Waals surface area contributed by atoms with Crippen molar-refractivity contribution in [1.29, 1.82) is 0 Å². The Balaban J connectivity index is 1.54. The standard InChI is InChI=1S/C26H31BrN2O2/c1-17-21-15-20(27)11-12-23(21)31-24(17)25(30)28-16-22(29-13-5-6-14-29)18-7-9-19(10-8-18)26(2,3)4/h7-12,15,22H,5-6,13-14,16H2,1-4H3,(H,28,30)/t22-/m0/s1. The van der Waals surface area contributed by atoms with Crippen LogP contribution >= 0.6 is 15.9 Å². The van der Waals surface area contributed by atoms with Crippen LogP contribution in [0.2, 0.25) is 0 Å². The van der Waals surface area contributed by atoms with Gasteiger partial charge in [0.05, 0.1) is 6.04 Å². The van der Waals surface area contributed by atoms with Crippen LogP contribution < -0.4 is 5.32 Å². The molecule has 2 heterocycles. The quantitative estimate of drug-likeness (QED) is 0.459. The number of amides is 1. The Labute approximate surface area is 193 Å². The first-order valence-electron chi connectivity index (χ1n) is 11.1. The Bertz CT molecular complexity index is 1070. The maximum absolute atomic E-state index is 13.0. The molecule has 1 fully saturated rings. The second kappa shape index (κ2) is 8.79. The Morgan fingerprint density at radius 1 is 1.13 bits per heavy atom. The van der Waals surface area contributed by atoms with Crippen LogP contribution in [0.3, 0.4) is 0 Å². The number of carbonyl (C=O) groups excluding carboxylic acids is 1. The number of carbonyl (C=O) groups is 1. The first-order chi connectivity index (χ1) is 14.7. The molecule has 0 bridgehead atoms. The molecule has 0 spiro atoms. The van der Waals surface area contributed by atoms with Crippen LogP contribution in [0.5, 0.6) is 0 Å². The molecule has 0 aliphatic carbocycles. The SMILES string of the molecule is Cc1c(C(=O)NC[C@@H](c2ccc(C(C)(C)C)cc2)N2CCCC2)oc2ccc(Br)cc12. The van der Waals surface area contributed by atoms with Crippen LogP contribution in [0.25, 0.3) is 11.0 Å². The number of hydrogen-bond acceptors (Lipinski definition) is 3. The normalized spacial score (nSPS) is 16.0. The molecule has 3 aromatic rings. The smallest absolute Gasteiger partial charge is 0.287 e. The maximum atomic E-state index is 13.0. The minimum Gasteiger partial charge on any atom is -0.451 e. The van der Waals surface area contributed by atoms with E-state index in [2.05, 4.69) is 71.2 Å². The van der Waals surface area contributed by atoms with Crippen LogP contribution in [0.4, 0.5) is 0 Å². The van der Waals surface area contributed by atoms with E-state index >= 15 is 0 Å². The van der Waals surface area contributed by atoms with Crippen molar-refractivity contribution in [1.82, 2.24) is 10.2 Å². The first kappa shape index (κ1) is 22.1. The minimum atomic E-state index is -0.152. The van der Waals surface area contributed by atoms with Crippen LogP contribution in [-0.4, -0.2) is 30.4 Å². The Morgan fingerprint density at radius 3 is 2.45 bits per heavy atom. The molecule has 1 N–H and O–H groups in total. The number of benzene rings is 2. The van der Waals surface area contributed by atoms with Gasteiger partial charge in [-0.2, -0.15) is 0 Å². The van der Waals surface area contributed by atoms with Gasteiger partial charge >= 0.3 is 0 Å². The average molecular weight is 483 g/mol. The van der Waals surface area contributed by atoms with Crippen molar-refractivity contribution >= 4 is 32.8 Å². The summed E-state index contributed by atoms with van der Waals surface area (Å²) in [5.74, 6) is 0.247. The van der Waals surface area contributed by atoms with Crippen molar-refractivity contribution in [2.45, 2.75) is 52.0 Å². The van der Waals surface area contributed by atoms with Crippen LogP contribution in [0.1, 0.15) is 66.9 Å². The molecule has 0 saturated carbocycles. The number of nitrogens with one attached hydrogen (secondary N) is 1. The predicted molar refractivity (Wildman–Crippen MR) is 130 cm³/mol.